The van der Waals surface area contributed by atoms with E-state index in [9.17, 15) is 19.7 Å². The van der Waals surface area contributed by atoms with Crippen LogP contribution < -0.4 is 10.1 Å². The third kappa shape index (κ3) is 4.18. The molecule has 0 fully saturated rings. The lowest BCUT2D eigenvalue weighted by molar-refractivity contribution is -0.385. The van der Waals surface area contributed by atoms with Crippen molar-refractivity contribution < 1.29 is 29.5 Å². The summed E-state index contributed by atoms with van der Waals surface area (Å²) in [6.07, 6.45) is -0.803. The first-order valence-electron chi connectivity index (χ1n) is 5.36. The molecule has 1 aromatic heterocycles. The fourth-order valence-electron chi connectivity index (χ4n) is 1.46. The van der Waals surface area contributed by atoms with E-state index in [1.807, 2.05) is 0 Å². The summed E-state index contributed by atoms with van der Waals surface area (Å²) < 4.78 is 4.78. The smallest absolute Gasteiger partial charge is 0.352 e. The zero-order chi connectivity index (χ0) is 16.2. The molecular weight excluding hydrogens is 310 g/mol. The van der Waals surface area contributed by atoms with Crippen molar-refractivity contribution in [3.63, 3.8) is 0 Å². The van der Waals surface area contributed by atoms with Crippen molar-refractivity contribution in [1.29, 1.82) is 0 Å². The van der Waals surface area contributed by atoms with Crippen LogP contribution in [0.1, 0.15) is 6.42 Å². The molecule has 3 N–H and O–H groups in total. The van der Waals surface area contributed by atoms with E-state index in [1.54, 1.807) is 0 Å². The van der Waals surface area contributed by atoms with Crippen molar-refractivity contribution in [1.82, 2.24) is 4.98 Å². The molecule has 114 valence electrons. The molecule has 0 saturated heterocycles. The Hall–Kier alpha value is -2.62. The maximum atomic E-state index is 11.0. The van der Waals surface area contributed by atoms with Crippen molar-refractivity contribution in [2.75, 3.05) is 12.4 Å². The van der Waals surface area contributed by atoms with Gasteiger partial charge < -0.3 is 20.3 Å². The maximum absolute atomic E-state index is 11.0. The lowest BCUT2D eigenvalue weighted by Gasteiger charge is -2.14. The van der Waals surface area contributed by atoms with E-state index in [4.69, 9.17) is 26.6 Å². The van der Waals surface area contributed by atoms with Crippen LogP contribution in [0.25, 0.3) is 0 Å². The number of hydrogen-bond donors (Lipinski definition) is 3. The largest absolute Gasteiger partial charge is 0.490 e. The van der Waals surface area contributed by atoms with Gasteiger partial charge in [0.05, 0.1) is 18.5 Å². The number of rotatable bonds is 7. The summed E-state index contributed by atoms with van der Waals surface area (Å²) in [5.41, 5.74) is -0.640. The molecule has 1 heterocycles. The van der Waals surface area contributed by atoms with Crippen LogP contribution in [0, 0.1) is 10.1 Å². The number of methoxy groups -OCH3 is 1. The SMILES string of the molecule is COc1cc(Cl)nc(NC(CC(=O)O)C(=O)O)c1[N+](=O)[O-]. The standard InChI is InChI=1S/C10H10ClN3O7/c1-21-5-3-6(11)13-9(8(5)14(19)20)12-4(10(17)18)2-7(15)16/h3-4H,2H2,1H3,(H,12,13)(H,15,16)(H,17,18). The number of halogens is 1. The number of hydrogen-bond acceptors (Lipinski definition) is 7. The summed E-state index contributed by atoms with van der Waals surface area (Å²) in [5, 5.41) is 30.6. The summed E-state index contributed by atoms with van der Waals surface area (Å²) >= 11 is 5.66. The summed E-state index contributed by atoms with van der Waals surface area (Å²) in [6, 6.07) is -0.533. The van der Waals surface area contributed by atoms with Crippen LogP contribution in [0.2, 0.25) is 5.15 Å². The molecule has 1 aromatic rings. The van der Waals surface area contributed by atoms with Crippen molar-refractivity contribution in [3.8, 4) is 5.75 Å². The van der Waals surface area contributed by atoms with Gasteiger partial charge in [0.25, 0.3) is 0 Å². The second-order valence-corrected chi connectivity index (χ2v) is 4.12. The van der Waals surface area contributed by atoms with E-state index in [2.05, 4.69) is 10.3 Å². The third-order valence-corrected chi connectivity index (χ3v) is 2.51. The number of nitrogens with one attached hydrogen (secondary N) is 1. The molecule has 0 aliphatic rings. The average Bonchev–Trinajstić information content (AvgIpc) is 2.35. The summed E-state index contributed by atoms with van der Waals surface area (Å²) in [6.45, 7) is 0. The Morgan fingerprint density at radius 1 is 1.57 bits per heavy atom. The van der Waals surface area contributed by atoms with Gasteiger partial charge in [-0.05, 0) is 0 Å². The Morgan fingerprint density at radius 2 is 2.19 bits per heavy atom. The van der Waals surface area contributed by atoms with Gasteiger partial charge in [0.2, 0.25) is 11.6 Å². The average molecular weight is 320 g/mol. The first-order chi connectivity index (χ1) is 9.76. The molecule has 0 bridgehead atoms. The van der Waals surface area contributed by atoms with Gasteiger partial charge in [0.15, 0.2) is 0 Å². The Bertz CT molecular complexity index is 592. The molecule has 1 unspecified atom stereocenters. The van der Waals surface area contributed by atoms with Gasteiger partial charge in [-0.1, -0.05) is 11.6 Å². The predicted molar refractivity (Wildman–Crippen MR) is 69.8 cm³/mol. The first kappa shape index (κ1) is 16.4. The van der Waals surface area contributed by atoms with E-state index >= 15 is 0 Å². The van der Waals surface area contributed by atoms with Gasteiger partial charge in [-0.2, -0.15) is 0 Å². The molecule has 0 aliphatic carbocycles. The highest BCUT2D eigenvalue weighted by Crippen LogP contribution is 2.35. The monoisotopic (exact) mass is 319 g/mol. The van der Waals surface area contributed by atoms with Gasteiger partial charge in [-0.3, -0.25) is 14.9 Å². The molecule has 11 heteroatoms. The van der Waals surface area contributed by atoms with E-state index in [0.717, 1.165) is 13.2 Å². The van der Waals surface area contributed by atoms with Crippen LogP contribution >= 0.6 is 11.6 Å². The number of aliphatic carboxylic acids is 2. The van der Waals surface area contributed by atoms with Crippen LogP contribution in [0.3, 0.4) is 0 Å². The Labute approximate surface area is 122 Å². The zero-order valence-corrected chi connectivity index (χ0v) is 11.3. The van der Waals surface area contributed by atoms with Crippen LogP contribution in [0.4, 0.5) is 11.5 Å². The van der Waals surface area contributed by atoms with E-state index in [0.29, 0.717) is 0 Å². The number of aromatic nitrogens is 1. The van der Waals surface area contributed by atoms with Gasteiger partial charge >= 0.3 is 17.6 Å². The minimum absolute atomic E-state index is 0.181. The van der Waals surface area contributed by atoms with Gasteiger partial charge in [0.1, 0.15) is 11.2 Å². The normalized spacial score (nSPS) is 11.5. The quantitative estimate of drug-likeness (QED) is 0.379. The molecule has 21 heavy (non-hydrogen) atoms. The second-order valence-electron chi connectivity index (χ2n) is 3.73. The van der Waals surface area contributed by atoms with E-state index < -0.39 is 40.8 Å². The van der Waals surface area contributed by atoms with Crippen LogP contribution in [0.15, 0.2) is 6.07 Å². The summed E-state index contributed by atoms with van der Waals surface area (Å²) in [4.78, 5) is 35.4. The van der Waals surface area contributed by atoms with E-state index in [-0.39, 0.29) is 10.9 Å². The van der Waals surface area contributed by atoms with Crippen molar-refractivity contribution in [2.24, 2.45) is 0 Å². The Balaban J connectivity index is 3.27. The van der Waals surface area contributed by atoms with Crippen LogP contribution in [-0.2, 0) is 9.59 Å². The van der Waals surface area contributed by atoms with Crippen molar-refractivity contribution in [3.05, 3.63) is 21.3 Å². The number of nitro groups is 1. The molecule has 1 atom stereocenters. The zero-order valence-electron chi connectivity index (χ0n) is 10.6. The fourth-order valence-corrected chi connectivity index (χ4v) is 1.64. The van der Waals surface area contributed by atoms with E-state index in [1.165, 1.54) is 0 Å². The number of pyridine rings is 1. The molecule has 1 rings (SSSR count). The molecule has 0 aromatic carbocycles. The molecule has 0 aliphatic heterocycles. The number of carboxylic acid groups (broad SMARTS) is 2. The minimum atomic E-state index is -1.61. The number of ether oxygens (including phenoxy) is 1. The lowest BCUT2D eigenvalue weighted by atomic mass is 10.2. The molecule has 0 amide bonds. The Morgan fingerprint density at radius 3 is 2.62 bits per heavy atom. The predicted octanol–water partition coefficient (Wildman–Crippen LogP) is 0.992. The molecule has 0 radical (unpaired) electrons. The number of carboxylic acids is 2. The highest BCUT2D eigenvalue weighted by molar-refractivity contribution is 6.29. The van der Waals surface area contributed by atoms with Crippen LogP contribution in [0.5, 0.6) is 5.75 Å². The highest BCUT2D eigenvalue weighted by Gasteiger charge is 2.29. The van der Waals surface area contributed by atoms with Gasteiger partial charge in [0, 0.05) is 6.07 Å². The van der Waals surface area contributed by atoms with Crippen molar-refractivity contribution >= 4 is 35.0 Å². The third-order valence-electron chi connectivity index (χ3n) is 2.32. The molecular formula is C10H10ClN3O7. The van der Waals surface area contributed by atoms with Gasteiger partial charge in [-0.25, -0.2) is 9.78 Å². The van der Waals surface area contributed by atoms with Crippen molar-refractivity contribution in [2.45, 2.75) is 12.5 Å². The molecule has 0 spiro atoms. The maximum Gasteiger partial charge on any atom is 0.352 e. The van der Waals surface area contributed by atoms with Gasteiger partial charge in [-0.15, -0.1) is 0 Å². The Kier molecular flexibility index (Phi) is 5.24. The summed E-state index contributed by atoms with van der Waals surface area (Å²) in [5.74, 6) is -3.63. The topological polar surface area (TPSA) is 152 Å². The molecule has 0 saturated carbocycles. The first-order valence-corrected chi connectivity index (χ1v) is 5.74. The number of nitrogens with zero attached hydrogens (tertiary/aromatic N) is 2. The summed E-state index contributed by atoms with van der Waals surface area (Å²) in [7, 11) is 1.16. The second kappa shape index (κ2) is 6.70. The molecule has 10 nitrogen and oxygen atoms in total. The number of anilines is 1. The minimum Gasteiger partial charge on any atom is -0.490 e. The number of carbonyl (C=O) groups is 2. The highest BCUT2D eigenvalue weighted by atomic mass is 35.5. The lowest BCUT2D eigenvalue weighted by Crippen LogP contribution is -2.32. The fraction of sp³-hybridized carbons (Fsp3) is 0.300. The van der Waals surface area contributed by atoms with Crippen LogP contribution in [-0.4, -0.2) is 45.2 Å².